The van der Waals surface area contributed by atoms with Gasteiger partial charge in [0.1, 0.15) is 5.82 Å². The Kier molecular flexibility index (Phi) is 5.80. The summed E-state index contributed by atoms with van der Waals surface area (Å²) in [4.78, 5) is 17.7. The number of carbonyl (C=O) groups excluding carboxylic acids is 1. The molecule has 2 aromatic carbocycles. The smallest absolute Gasteiger partial charge is 0.252 e. The first-order chi connectivity index (χ1) is 14.3. The van der Waals surface area contributed by atoms with E-state index in [9.17, 15) is 17.6 Å². The van der Waals surface area contributed by atoms with Crippen molar-refractivity contribution in [2.75, 3.05) is 13.1 Å². The fourth-order valence-electron chi connectivity index (χ4n) is 3.57. The highest BCUT2D eigenvalue weighted by molar-refractivity contribution is 7.89. The van der Waals surface area contributed by atoms with Crippen LogP contribution in [0.15, 0.2) is 52.4 Å². The number of thiazole rings is 1. The van der Waals surface area contributed by atoms with Crippen molar-refractivity contribution in [2.24, 2.45) is 18.0 Å². The molecule has 1 amide bonds. The molecule has 158 valence electrons. The summed E-state index contributed by atoms with van der Waals surface area (Å²) in [6.07, 6.45) is 1.11. The molecule has 6 nitrogen and oxygen atoms in total. The van der Waals surface area contributed by atoms with Crippen molar-refractivity contribution in [2.45, 2.75) is 17.7 Å². The van der Waals surface area contributed by atoms with E-state index in [-0.39, 0.29) is 17.3 Å². The average molecular weight is 468 g/mol. The lowest BCUT2D eigenvalue weighted by molar-refractivity contribution is -0.122. The van der Waals surface area contributed by atoms with Crippen molar-refractivity contribution in [3.63, 3.8) is 0 Å². The zero-order valence-electron chi connectivity index (χ0n) is 16.1. The SMILES string of the molecule is Cn1c(=NC(=O)C2CCCN(S(=O)(=O)c3ccc(F)cc3)C2)sc2cccc(Cl)c21. The van der Waals surface area contributed by atoms with E-state index in [0.29, 0.717) is 29.2 Å². The van der Waals surface area contributed by atoms with Gasteiger partial charge in [-0.2, -0.15) is 9.30 Å². The molecule has 1 aliphatic rings. The fraction of sp³-hybridized carbons (Fsp3) is 0.300. The summed E-state index contributed by atoms with van der Waals surface area (Å²) in [7, 11) is -2.01. The van der Waals surface area contributed by atoms with E-state index in [4.69, 9.17) is 11.6 Å². The van der Waals surface area contributed by atoms with E-state index in [1.807, 2.05) is 12.1 Å². The maximum Gasteiger partial charge on any atom is 0.252 e. The highest BCUT2D eigenvalue weighted by Crippen LogP contribution is 2.26. The standard InChI is InChI=1S/C20H19ClFN3O3S2/c1-24-18-16(21)5-2-6-17(18)29-20(24)23-19(26)13-4-3-11-25(12-13)30(27,28)15-9-7-14(22)8-10-15/h2,5-10,13H,3-4,11-12H2,1H3. The van der Waals surface area contributed by atoms with Crippen LogP contribution in [0, 0.1) is 11.7 Å². The van der Waals surface area contributed by atoms with Gasteiger partial charge in [-0.25, -0.2) is 12.8 Å². The third-order valence-corrected chi connectivity index (χ3v) is 8.45. The average Bonchev–Trinajstić information content (AvgIpc) is 3.05. The van der Waals surface area contributed by atoms with Gasteiger partial charge in [-0.1, -0.05) is 29.0 Å². The number of aromatic nitrogens is 1. The number of para-hydroxylation sites is 1. The van der Waals surface area contributed by atoms with Gasteiger partial charge in [0.05, 0.1) is 26.1 Å². The molecule has 1 saturated heterocycles. The van der Waals surface area contributed by atoms with Crippen LogP contribution in [0.4, 0.5) is 4.39 Å². The molecule has 0 aliphatic carbocycles. The van der Waals surface area contributed by atoms with Gasteiger partial charge in [0.15, 0.2) is 4.80 Å². The summed E-state index contributed by atoms with van der Waals surface area (Å²) in [5.41, 5.74) is 0.805. The number of aryl methyl sites for hydroxylation is 1. The number of nitrogens with zero attached hydrogens (tertiary/aromatic N) is 3. The molecule has 30 heavy (non-hydrogen) atoms. The summed E-state index contributed by atoms with van der Waals surface area (Å²) in [6.45, 7) is 0.368. The molecule has 1 fully saturated rings. The Hall–Kier alpha value is -2.07. The van der Waals surface area contributed by atoms with Gasteiger partial charge in [0.2, 0.25) is 10.0 Å². The van der Waals surface area contributed by atoms with Crippen LogP contribution in [0.3, 0.4) is 0 Å². The second-order valence-corrected chi connectivity index (χ2v) is 10.5. The van der Waals surface area contributed by atoms with E-state index >= 15 is 0 Å². The van der Waals surface area contributed by atoms with E-state index < -0.39 is 21.8 Å². The number of halogens is 2. The van der Waals surface area contributed by atoms with Crippen LogP contribution in [-0.4, -0.2) is 36.3 Å². The van der Waals surface area contributed by atoms with Gasteiger partial charge in [0, 0.05) is 20.1 Å². The minimum Gasteiger partial charge on any atom is -0.318 e. The highest BCUT2D eigenvalue weighted by Gasteiger charge is 2.33. The topological polar surface area (TPSA) is 71.7 Å². The summed E-state index contributed by atoms with van der Waals surface area (Å²) < 4.78 is 42.9. The van der Waals surface area contributed by atoms with Crippen LogP contribution in [0.1, 0.15) is 12.8 Å². The fourth-order valence-corrected chi connectivity index (χ4v) is 6.50. The number of carbonyl (C=O) groups is 1. The lowest BCUT2D eigenvalue weighted by Crippen LogP contribution is -2.42. The maximum absolute atomic E-state index is 13.2. The van der Waals surface area contributed by atoms with Gasteiger partial charge in [-0.3, -0.25) is 4.79 Å². The van der Waals surface area contributed by atoms with Crippen LogP contribution < -0.4 is 4.80 Å². The zero-order valence-corrected chi connectivity index (χ0v) is 18.5. The van der Waals surface area contributed by atoms with Crippen molar-refractivity contribution in [3.05, 3.63) is 58.1 Å². The van der Waals surface area contributed by atoms with Crippen LogP contribution in [0.25, 0.3) is 10.2 Å². The second kappa shape index (κ2) is 8.22. The summed E-state index contributed by atoms with van der Waals surface area (Å²) in [5.74, 6) is -1.39. The van der Waals surface area contributed by atoms with Gasteiger partial charge >= 0.3 is 0 Å². The molecule has 0 N–H and O–H groups in total. The molecule has 1 aliphatic heterocycles. The summed E-state index contributed by atoms with van der Waals surface area (Å²) in [5, 5.41) is 0.578. The Morgan fingerprint density at radius 1 is 1.23 bits per heavy atom. The number of piperidine rings is 1. The Morgan fingerprint density at radius 3 is 2.67 bits per heavy atom. The van der Waals surface area contributed by atoms with E-state index in [1.54, 1.807) is 17.7 Å². The Morgan fingerprint density at radius 2 is 1.97 bits per heavy atom. The minimum absolute atomic E-state index is 0.0134. The zero-order chi connectivity index (χ0) is 21.5. The molecule has 0 radical (unpaired) electrons. The number of benzene rings is 2. The lowest BCUT2D eigenvalue weighted by atomic mass is 9.99. The molecule has 1 aromatic heterocycles. The maximum atomic E-state index is 13.2. The molecule has 0 spiro atoms. The summed E-state index contributed by atoms with van der Waals surface area (Å²) in [6, 6.07) is 10.2. The van der Waals surface area contributed by atoms with Gasteiger partial charge in [-0.15, -0.1) is 0 Å². The van der Waals surface area contributed by atoms with Crippen LogP contribution in [-0.2, 0) is 21.9 Å². The van der Waals surface area contributed by atoms with Crippen LogP contribution in [0.2, 0.25) is 5.02 Å². The molecule has 3 aromatic rings. The Labute approximate surface area is 182 Å². The predicted octanol–water partition coefficient (Wildman–Crippen LogP) is 3.56. The molecule has 2 heterocycles. The molecule has 10 heteroatoms. The second-order valence-electron chi connectivity index (χ2n) is 7.14. The number of fused-ring (bicyclic) bond motifs is 1. The van der Waals surface area contributed by atoms with Gasteiger partial charge in [-0.05, 0) is 49.2 Å². The molecule has 1 atom stereocenters. The molecular formula is C20H19ClFN3O3S2. The van der Waals surface area contributed by atoms with E-state index in [1.165, 1.54) is 27.8 Å². The normalized spacial score (nSPS) is 18.8. The minimum atomic E-state index is -3.80. The third kappa shape index (κ3) is 3.94. The summed E-state index contributed by atoms with van der Waals surface area (Å²) >= 11 is 7.62. The Balaban J connectivity index is 1.60. The first-order valence-corrected chi connectivity index (χ1v) is 12.0. The highest BCUT2D eigenvalue weighted by atomic mass is 35.5. The predicted molar refractivity (Wildman–Crippen MR) is 114 cm³/mol. The molecular weight excluding hydrogens is 449 g/mol. The number of hydrogen-bond donors (Lipinski definition) is 0. The molecule has 1 unspecified atom stereocenters. The van der Waals surface area contributed by atoms with Crippen molar-refractivity contribution >= 4 is 49.1 Å². The molecule has 4 rings (SSSR count). The number of rotatable bonds is 3. The van der Waals surface area contributed by atoms with Crippen molar-refractivity contribution < 1.29 is 17.6 Å². The van der Waals surface area contributed by atoms with Crippen LogP contribution >= 0.6 is 22.9 Å². The monoisotopic (exact) mass is 467 g/mol. The largest absolute Gasteiger partial charge is 0.318 e. The van der Waals surface area contributed by atoms with E-state index in [0.717, 1.165) is 22.3 Å². The quantitative estimate of drug-likeness (QED) is 0.591. The number of sulfonamides is 1. The number of amides is 1. The number of hydrogen-bond acceptors (Lipinski definition) is 4. The van der Waals surface area contributed by atoms with Crippen LogP contribution in [0.5, 0.6) is 0 Å². The van der Waals surface area contributed by atoms with Gasteiger partial charge in [0.25, 0.3) is 5.91 Å². The third-order valence-electron chi connectivity index (χ3n) is 5.16. The first-order valence-electron chi connectivity index (χ1n) is 9.36. The first kappa shape index (κ1) is 21.2. The van der Waals surface area contributed by atoms with Crippen molar-refractivity contribution in [3.8, 4) is 0 Å². The van der Waals surface area contributed by atoms with Crippen molar-refractivity contribution in [1.82, 2.24) is 8.87 Å². The Bertz CT molecular complexity index is 1280. The lowest BCUT2D eigenvalue weighted by Gasteiger charge is -2.30. The van der Waals surface area contributed by atoms with Crippen molar-refractivity contribution in [1.29, 1.82) is 0 Å². The van der Waals surface area contributed by atoms with Gasteiger partial charge < -0.3 is 4.57 Å². The molecule has 0 saturated carbocycles. The molecule has 0 bridgehead atoms. The van der Waals surface area contributed by atoms with E-state index in [2.05, 4.69) is 4.99 Å².